The van der Waals surface area contributed by atoms with Crippen LogP contribution in [-0.4, -0.2) is 53.7 Å². The highest BCUT2D eigenvalue weighted by molar-refractivity contribution is 7.09. The molecule has 1 aromatic heterocycles. The number of β-amino-alcohol motifs (C(OH)–C–C–N with tert-alkyl or cyclic N) is 1. The fraction of sp³-hybridized carbons (Fsp3) is 0.278. The predicted octanol–water partition coefficient (Wildman–Crippen LogP) is 1.79. The molecule has 0 aliphatic carbocycles. The highest BCUT2D eigenvalue weighted by atomic mass is 32.1. The molecule has 2 N–H and O–H groups in total. The van der Waals surface area contributed by atoms with E-state index in [1.165, 1.54) is 23.3 Å². The van der Waals surface area contributed by atoms with E-state index in [9.17, 15) is 9.59 Å². The zero-order valence-electron chi connectivity index (χ0n) is 14.5. The van der Waals surface area contributed by atoms with Gasteiger partial charge in [-0.3, -0.25) is 4.79 Å². The van der Waals surface area contributed by atoms with Crippen molar-refractivity contribution in [2.75, 3.05) is 32.1 Å². The Kier molecular flexibility index (Phi) is 5.34. The second kappa shape index (κ2) is 7.67. The molecular weight excluding hydrogens is 354 g/mol. The normalized spacial score (nSPS) is 14.1. The fourth-order valence-corrected chi connectivity index (χ4v) is 3.40. The summed E-state index contributed by atoms with van der Waals surface area (Å²) in [6.45, 7) is 2.00. The summed E-state index contributed by atoms with van der Waals surface area (Å²) >= 11 is 1.54. The monoisotopic (exact) mass is 373 g/mol. The molecule has 0 saturated heterocycles. The van der Waals surface area contributed by atoms with Crippen molar-refractivity contribution in [2.24, 2.45) is 0 Å². The van der Waals surface area contributed by atoms with E-state index in [0.29, 0.717) is 5.69 Å². The van der Waals surface area contributed by atoms with Gasteiger partial charge in [0.15, 0.2) is 0 Å². The van der Waals surface area contributed by atoms with Crippen molar-refractivity contribution >= 4 is 28.9 Å². The fourth-order valence-electron chi connectivity index (χ4n) is 2.79. The van der Waals surface area contributed by atoms with Crippen molar-refractivity contribution in [1.82, 2.24) is 9.88 Å². The van der Waals surface area contributed by atoms with Gasteiger partial charge in [-0.15, -0.1) is 11.3 Å². The average Bonchev–Trinajstić information content (AvgIpc) is 3.20. The van der Waals surface area contributed by atoms with Gasteiger partial charge in [0.1, 0.15) is 5.70 Å². The number of hydrogen-bond acceptors (Lipinski definition) is 7. The molecule has 26 heavy (non-hydrogen) atoms. The number of nitrogens with zero attached hydrogens (tertiary/aromatic N) is 2. The standard InChI is InChI=1S/C18H19N3O4S/c1-11-19-15(10-26-11)12-5-3-4-6-14(12)20-16-13(18(24)25-2)9-21(7-8-22)17(16)23/h3-6,10,20,22H,7-9H2,1-2H3. The van der Waals surface area contributed by atoms with E-state index in [2.05, 4.69) is 10.3 Å². The number of aliphatic hydroxyl groups is 1. The Bertz CT molecular complexity index is 875. The Hall–Kier alpha value is -2.71. The molecule has 3 rings (SSSR count). The minimum absolute atomic E-state index is 0.104. The van der Waals surface area contributed by atoms with Crippen LogP contribution < -0.4 is 5.32 Å². The van der Waals surface area contributed by atoms with E-state index in [1.807, 2.05) is 36.6 Å². The number of benzene rings is 1. The number of aryl methyl sites for hydroxylation is 1. The Balaban J connectivity index is 1.98. The van der Waals surface area contributed by atoms with Gasteiger partial charge in [0.25, 0.3) is 5.91 Å². The third kappa shape index (κ3) is 3.47. The van der Waals surface area contributed by atoms with Gasteiger partial charge in [0, 0.05) is 23.2 Å². The van der Waals surface area contributed by atoms with Crippen LogP contribution in [-0.2, 0) is 14.3 Å². The van der Waals surface area contributed by atoms with Gasteiger partial charge in [-0.05, 0) is 13.0 Å². The number of para-hydroxylation sites is 1. The van der Waals surface area contributed by atoms with Crippen LogP contribution in [0, 0.1) is 6.92 Å². The zero-order chi connectivity index (χ0) is 18.7. The van der Waals surface area contributed by atoms with E-state index < -0.39 is 5.97 Å². The van der Waals surface area contributed by atoms with Crippen LogP contribution in [0.4, 0.5) is 5.69 Å². The first kappa shape index (κ1) is 18.1. The van der Waals surface area contributed by atoms with Crippen LogP contribution in [0.15, 0.2) is 40.9 Å². The SMILES string of the molecule is COC(=O)C1=C(Nc2ccccc2-c2csc(C)n2)C(=O)N(CCO)C1. The van der Waals surface area contributed by atoms with Crippen LogP contribution in [0.5, 0.6) is 0 Å². The molecule has 1 aliphatic rings. The summed E-state index contributed by atoms with van der Waals surface area (Å²) in [6.07, 6.45) is 0. The molecule has 0 bridgehead atoms. The van der Waals surface area contributed by atoms with Gasteiger partial charge in [-0.2, -0.15) is 0 Å². The number of rotatable bonds is 6. The van der Waals surface area contributed by atoms with Crippen molar-refractivity contribution in [2.45, 2.75) is 6.92 Å². The van der Waals surface area contributed by atoms with Crippen LogP contribution in [0.2, 0.25) is 0 Å². The first-order chi connectivity index (χ1) is 12.5. The molecule has 0 spiro atoms. The van der Waals surface area contributed by atoms with Gasteiger partial charge in [0.05, 0.1) is 36.5 Å². The van der Waals surface area contributed by atoms with Gasteiger partial charge < -0.3 is 20.1 Å². The lowest BCUT2D eigenvalue weighted by atomic mass is 10.1. The Labute approximate surface area is 154 Å². The minimum atomic E-state index is -0.566. The molecule has 7 nitrogen and oxygen atoms in total. The second-order valence-corrected chi connectivity index (χ2v) is 6.78. The number of esters is 1. The van der Waals surface area contributed by atoms with Crippen LogP contribution in [0.1, 0.15) is 5.01 Å². The first-order valence-corrected chi connectivity index (χ1v) is 8.93. The molecule has 1 aliphatic heterocycles. The summed E-state index contributed by atoms with van der Waals surface area (Å²) in [7, 11) is 1.28. The Morgan fingerprint density at radius 2 is 2.19 bits per heavy atom. The zero-order valence-corrected chi connectivity index (χ0v) is 15.3. The molecule has 0 fully saturated rings. The minimum Gasteiger partial charge on any atom is -0.466 e. The van der Waals surface area contributed by atoms with E-state index in [1.54, 1.807) is 0 Å². The van der Waals surface area contributed by atoms with Crippen LogP contribution >= 0.6 is 11.3 Å². The highest BCUT2D eigenvalue weighted by Gasteiger charge is 2.34. The second-order valence-electron chi connectivity index (χ2n) is 5.72. The van der Waals surface area contributed by atoms with Crippen molar-refractivity contribution in [3.05, 3.63) is 45.9 Å². The first-order valence-electron chi connectivity index (χ1n) is 8.05. The number of aliphatic hydroxyl groups excluding tert-OH is 1. The third-order valence-electron chi connectivity index (χ3n) is 4.04. The number of methoxy groups -OCH3 is 1. The summed E-state index contributed by atoms with van der Waals surface area (Å²) < 4.78 is 4.81. The van der Waals surface area contributed by atoms with Crippen molar-refractivity contribution in [3.8, 4) is 11.3 Å². The quantitative estimate of drug-likeness (QED) is 0.750. The average molecular weight is 373 g/mol. The summed E-state index contributed by atoms with van der Waals surface area (Å²) in [5.41, 5.74) is 2.73. The van der Waals surface area contributed by atoms with Crippen molar-refractivity contribution in [1.29, 1.82) is 0 Å². The number of anilines is 1. The predicted molar refractivity (Wildman–Crippen MR) is 98.6 cm³/mol. The summed E-state index contributed by atoms with van der Waals surface area (Å²) in [5.74, 6) is -0.910. The largest absolute Gasteiger partial charge is 0.466 e. The Morgan fingerprint density at radius 3 is 2.85 bits per heavy atom. The van der Waals surface area contributed by atoms with Gasteiger partial charge in [0.2, 0.25) is 0 Å². The van der Waals surface area contributed by atoms with Crippen molar-refractivity contribution in [3.63, 3.8) is 0 Å². The molecule has 2 aromatic rings. The van der Waals surface area contributed by atoms with E-state index >= 15 is 0 Å². The smallest absolute Gasteiger partial charge is 0.337 e. The number of amides is 1. The third-order valence-corrected chi connectivity index (χ3v) is 4.81. The number of thiazole rings is 1. The topological polar surface area (TPSA) is 91.8 Å². The number of hydrogen-bond donors (Lipinski definition) is 2. The van der Waals surface area contributed by atoms with Crippen LogP contribution in [0.25, 0.3) is 11.3 Å². The number of ether oxygens (including phenoxy) is 1. The van der Waals surface area contributed by atoms with Gasteiger partial charge in [-0.1, -0.05) is 18.2 Å². The number of aromatic nitrogens is 1. The van der Waals surface area contributed by atoms with Crippen molar-refractivity contribution < 1.29 is 19.4 Å². The summed E-state index contributed by atoms with van der Waals surface area (Å²) in [6, 6.07) is 7.46. The van der Waals surface area contributed by atoms with Gasteiger partial charge in [-0.25, -0.2) is 9.78 Å². The van der Waals surface area contributed by atoms with E-state index in [-0.39, 0.29) is 36.9 Å². The summed E-state index contributed by atoms with van der Waals surface area (Å²) in [5, 5.41) is 15.1. The molecule has 2 heterocycles. The van der Waals surface area contributed by atoms with E-state index in [0.717, 1.165) is 16.3 Å². The van der Waals surface area contributed by atoms with E-state index in [4.69, 9.17) is 9.84 Å². The molecular formula is C18H19N3O4S. The lowest BCUT2D eigenvalue weighted by Crippen LogP contribution is -2.31. The molecule has 0 saturated carbocycles. The molecule has 136 valence electrons. The molecule has 0 radical (unpaired) electrons. The molecule has 1 amide bonds. The molecule has 0 atom stereocenters. The maximum Gasteiger partial charge on any atom is 0.337 e. The maximum atomic E-state index is 12.7. The van der Waals surface area contributed by atoms with Crippen LogP contribution in [0.3, 0.4) is 0 Å². The lowest BCUT2D eigenvalue weighted by molar-refractivity contribution is -0.136. The Morgan fingerprint density at radius 1 is 1.42 bits per heavy atom. The lowest BCUT2D eigenvalue weighted by Gasteiger charge is -2.15. The summed E-state index contributed by atoms with van der Waals surface area (Å²) in [4.78, 5) is 30.7. The number of carbonyl (C=O) groups is 2. The molecule has 8 heteroatoms. The van der Waals surface area contributed by atoms with Gasteiger partial charge >= 0.3 is 5.97 Å². The number of carbonyl (C=O) groups excluding carboxylic acids is 2. The molecule has 0 unspecified atom stereocenters. The highest BCUT2D eigenvalue weighted by Crippen LogP contribution is 2.31. The number of nitrogens with one attached hydrogen (secondary N) is 1. The maximum absolute atomic E-state index is 12.7. The molecule has 1 aromatic carbocycles.